The molecule has 0 unspecified atom stereocenters. The first-order valence-corrected chi connectivity index (χ1v) is 19.3. The Hall–Kier alpha value is -7.82. The summed E-state index contributed by atoms with van der Waals surface area (Å²) in [5, 5.41) is 11.3. The summed E-state index contributed by atoms with van der Waals surface area (Å²) in [6.45, 7) is 0. The lowest BCUT2D eigenvalue weighted by atomic mass is 9.99. The van der Waals surface area contributed by atoms with Gasteiger partial charge in [0.25, 0.3) is 0 Å². The topological polar surface area (TPSA) is 18.7 Å². The van der Waals surface area contributed by atoms with Gasteiger partial charge in [-0.25, -0.2) is 0 Å². The molecule has 0 amide bonds. The molecular formula is C54H30N4. The molecule has 6 heterocycles. The van der Waals surface area contributed by atoms with E-state index in [4.69, 9.17) is 8.22 Å². The smallest absolute Gasteiger partial charge is 0.0645 e. The summed E-state index contributed by atoms with van der Waals surface area (Å²) >= 11 is 0. The van der Waals surface area contributed by atoms with E-state index in [0.717, 1.165) is 97.7 Å². The van der Waals surface area contributed by atoms with Crippen LogP contribution in [0.15, 0.2) is 182 Å². The van der Waals surface area contributed by atoms with Gasteiger partial charge in [-0.1, -0.05) is 115 Å². The summed E-state index contributed by atoms with van der Waals surface area (Å²) in [7, 11) is 0. The first-order chi connectivity index (χ1) is 33.0. The Bertz CT molecular complexity index is 4810. The fraction of sp³-hybridized carbons (Fsp3) is 0. The van der Waals surface area contributed by atoms with Gasteiger partial charge in [-0.05, 0) is 66.6 Å². The van der Waals surface area contributed by atoms with E-state index in [-0.39, 0.29) is 35.5 Å². The van der Waals surface area contributed by atoms with Gasteiger partial charge < -0.3 is 17.9 Å². The van der Waals surface area contributed by atoms with Crippen molar-refractivity contribution in [3.63, 3.8) is 0 Å². The van der Waals surface area contributed by atoms with Crippen LogP contribution in [-0.2, 0) is 0 Å². The Labute approximate surface area is 343 Å². The van der Waals surface area contributed by atoms with Gasteiger partial charge in [0.1, 0.15) is 0 Å². The lowest BCUT2D eigenvalue weighted by molar-refractivity contribution is 1.18. The van der Waals surface area contributed by atoms with Gasteiger partial charge in [-0.15, -0.1) is 0 Å². The molecular weight excluding hydrogens is 705 g/mol. The molecule has 0 fully saturated rings. The molecule has 6 aromatic heterocycles. The summed E-state index contributed by atoms with van der Waals surface area (Å²) in [4.78, 5) is 0. The van der Waals surface area contributed by atoms with Crippen molar-refractivity contribution in [3.8, 4) is 11.4 Å². The van der Waals surface area contributed by atoms with Crippen LogP contribution >= 0.6 is 0 Å². The highest BCUT2D eigenvalue weighted by Crippen LogP contribution is 2.51. The molecule has 0 radical (unpaired) electrons. The third-order valence-electron chi connectivity index (χ3n) is 12.8. The van der Waals surface area contributed by atoms with E-state index >= 15 is 0 Å². The fourth-order valence-electron chi connectivity index (χ4n) is 10.7. The maximum absolute atomic E-state index is 9.30. The zero-order valence-electron chi connectivity index (χ0n) is 40.3. The van der Waals surface area contributed by atoms with E-state index in [9.17, 15) is 5.48 Å². The van der Waals surface area contributed by atoms with Gasteiger partial charge in [0.05, 0.1) is 68.9 Å². The average Bonchev–Trinajstić information content (AvgIpc) is 4.19. The predicted molar refractivity (Wildman–Crippen MR) is 244 cm³/mol. The van der Waals surface area contributed by atoms with Crippen molar-refractivity contribution in [2.45, 2.75) is 0 Å². The molecule has 0 bridgehead atoms. The molecule has 15 rings (SSSR count). The second kappa shape index (κ2) is 10.1. The normalized spacial score (nSPS) is 15.2. The molecule has 0 aliphatic rings. The van der Waals surface area contributed by atoms with Crippen LogP contribution in [0, 0.1) is 0 Å². The summed E-state index contributed by atoms with van der Waals surface area (Å²) in [6.07, 6.45) is 0. The Morgan fingerprint density at radius 1 is 0.293 bits per heavy atom. The molecule has 0 saturated heterocycles. The van der Waals surface area contributed by atoms with Crippen LogP contribution in [0.1, 0.15) is 13.7 Å². The van der Waals surface area contributed by atoms with E-state index in [1.165, 1.54) is 0 Å². The Balaban J connectivity index is 1.25. The molecule has 0 saturated carbocycles. The van der Waals surface area contributed by atoms with Crippen molar-refractivity contribution in [2.24, 2.45) is 0 Å². The predicted octanol–water partition coefficient (Wildman–Crippen LogP) is 14.2. The molecule has 58 heavy (non-hydrogen) atoms. The van der Waals surface area contributed by atoms with Crippen LogP contribution in [-0.4, -0.2) is 17.9 Å². The maximum Gasteiger partial charge on any atom is 0.0645 e. The van der Waals surface area contributed by atoms with E-state index in [2.05, 4.69) is 81.6 Å². The van der Waals surface area contributed by atoms with E-state index in [1.54, 1.807) is 4.57 Å². The highest BCUT2D eigenvalue weighted by Gasteiger charge is 2.28. The van der Waals surface area contributed by atoms with Gasteiger partial charge in [-0.2, -0.15) is 0 Å². The summed E-state index contributed by atoms with van der Waals surface area (Å²) < 4.78 is 97.6. The zero-order chi connectivity index (χ0) is 46.1. The second-order valence-electron chi connectivity index (χ2n) is 15.3. The SMILES string of the molecule is [2H]c1c([2H])c([2H])c(-n2c3ccccc3c3c4c5cc6c7cccc8c9ccccc9n(c6cc5n5c6ccc9c%10ccccc%10n(-c%10c([2H])c([2H])c([2H])c([2H])c%10[2H])c9c6c(cc32)c45)c87)c([2H])c1[2H]. The first-order valence-electron chi connectivity index (χ1n) is 24.3. The van der Waals surface area contributed by atoms with Gasteiger partial charge in [0.15, 0.2) is 0 Å². The molecule has 0 N–H and O–H groups in total. The summed E-state index contributed by atoms with van der Waals surface area (Å²) in [5.41, 5.74) is 8.59. The van der Waals surface area contributed by atoms with Crippen molar-refractivity contribution in [3.05, 3.63) is 182 Å². The Morgan fingerprint density at radius 3 is 1.62 bits per heavy atom. The zero-order valence-corrected chi connectivity index (χ0v) is 30.3. The highest BCUT2D eigenvalue weighted by atomic mass is 15.0. The van der Waals surface area contributed by atoms with Crippen LogP contribution in [0.5, 0.6) is 0 Å². The monoisotopic (exact) mass is 744 g/mol. The molecule has 15 aromatic rings. The average molecular weight is 745 g/mol. The number of para-hydroxylation sites is 6. The van der Waals surface area contributed by atoms with Crippen LogP contribution in [0.2, 0.25) is 0 Å². The highest BCUT2D eigenvalue weighted by molar-refractivity contribution is 6.39. The van der Waals surface area contributed by atoms with Crippen molar-refractivity contribution in [1.82, 2.24) is 17.9 Å². The van der Waals surface area contributed by atoms with Crippen LogP contribution in [0.4, 0.5) is 0 Å². The van der Waals surface area contributed by atoms with Crippen LogP contribution in [0.25, 0.3) is 131 Å². The van der Waals surface area contributed by atoms with Crippen molar-refractivity contribution in [1.29, 1.82) is 0 Å². The Kier molecular flexibility index (Phi) is 3.85. The molecule has 266 valence electrons. The number of benzene rings is 9. The van der Waals surface area contributed by atoms with Crippen LogP contribution < -0.4 is 0 Å². The quantitative estimate of drug-likeness (QED) is 0.168. The lowest BCUT2D eigenvalue weighted by Crippen LogP contribution is -1.94. The van der Waals surface area contributed by atoms with Crippen LogP contribution in [0.3, 0.4) is 0 Å². The van der Waals surface area contributed by atoms with Gasteiger partial charge in [0, 0.05) is 76.0 Å². The molecule has 9 aromatic carbocycles. The number of aromatic nitrogens is 4. The van der Waals surface area contributed by atoms with E-state index in [1.807, 2.05) is 53.1 Å². The van der Waals surface area contributed by atoms with E-state index < -0.39 is 36.3 Å². The van der Waals surface area contributed by atoms with Gasteiger partial charge >= 0.3 is 0 Å². The summed E-state index contributed by atoms with van der Waals surface area (Å²) in [5.74, 6) is 0. The fourth-order valence-corrected chi connectivity index (χ4v) is 10.7. The molecule has 4 heteroatoms. The summed E-state index contributed by atoms with van der Waals surface area (Å²) in [6, 6.07) is 37.1. The Morgan fingerprint density at radius 2 is 0.862 bits per heavy atom. The third kappa shape index (κ3) is 3.30. The number of fused-ring (bicyclic) bond motifs is 20. The minimum absolute atomic E-state index is 0.0287. The number of rotatable bonds is 2. The van der Waals surface area contributed by atoms with Crippen molar-refractivity contribution in [2.75, 3.05) is 0 Å². The minimum atomic E-state index is -0.479. The third-order valence-corrected chi connectivity index (χ3v) is 12.8. The first kappa shape index (κ1) is 22.1. The number of hydrogen-bond acceptors (Lipinski definition) is 0. The molecule has 0 atom stereocenters. The van der Waals surface area contributed by atoms with Crippen molar-refractivity contribution >= 4 is 120 Å². The minimum Gasteiger partial charge on any atom is -0.309 e. The largest absolute Gasteiger partial charge is 0.309 e. The molecule has 0 spiro atoms. The number of nitrogens with zero attached hydrogens (tertiary/aromatic N) is 4. The molecule has 4 nitrogen and oxygen atoms in total. The lowest BCUT2D eigenvalue weighted by Gasteiger charge is -2.10. The number of hydrogen-bond donors (Lipinski definition) is 0. The van der Waals surface area contributed by atoms with Gasteiger partial charge in [0.2, 0.25) is 0 Å². The molecule has 0 aliphatic carbocycles. The standard InChI is InChI=1S/C54H30N4/c1-3-14-31(15-4-1)55-44-25-12-9-20-38(44)49-48(55)29-41-50-45(27-26-37-34-19-7-10-23-42(34)56(53(37)50)32-16-5-2-6-17-32)58-47-30-46-39(28-40(47)51(49)54(41)58)36-22-13-21-35-33-18-8-11-24-43(33)57(46)52(35)36/h1-30H/i1D,2D,3D,4D,5D,6D,14D,15D,16D,17D. The maximum atomic E-state index is 9.30. The molecule has 0 aliphatic heterocycles. The van der Waals surface area contributed by atoms with Gasteiger partial charge in [-0.3, -0.25) is 0 Å². The second-order valence-corrected chi connectivity index (χ2v) is 15.3. The van der Waals surface area contributed by atoms with E-state index in [0.29, 0.717) is 22.1 Å². The van der Waals surface area contributed by atoms with Crippen molar-refractivity contribution < 1.29 is 13.7 Å².